The van der Waals surface area contributed by atoms with Gasteiger partial charge in [-0.1, -0.05) is 79.7 Å². The van der Waals surface area contributed by atoms with E-state index in [9.17, 15) is 44.4 Å². The average Bonchev–Trinajstić information content (AvgIpc) is 0.973. The number of anilines is 11. The largest absolute Gasteiger partial charge is 0.449 e. The van der Waals surface area contributed by atoms with Crippen molar-refractivity contribution in [1.29, 1.82) is 0 Å². The molecule has 0 radical (unpaired) electrons. The van der Waals surface area contributed by atoms with Crippen LogP contribution in [-0.2, 0) is 39.4 Å². The van der Waals surface area contributed by atoms with Crippen molar-refractivity contribution in [2.75, 3.05) is 193 Å². The number of oxazole rings is 1. The second kappa shape index (κ2) is 55.6. The molecule has 2 fully saturated rings. The van der Waals surface area contributed by atoms with Crippen molar-refractivity contribution in [1.82, 2.24) is 39.4 Å². The van der Waals surface area contributed by atoms with E-state index in [1.54, 1.807) is 144 Å². The fraction of sp³-hybridized carbons (Fsp3) is 0.278. The first-order valence-electron chi connectivity index (χ1n) is 42.9. The van der Waals surface area contributed by atoms with E-state index < -0.39 is 41.7 Å². The number of nitrogens with one attached hydrogen (secondary N) is 11. The number of nitrogens with zero attached hydrogens (tertiary/aromatic N) is 8. The molecule has 0 spiro atoms. The molecule has 34 nitrogen and oxygen atoms in total. The minimum absolute atomic E-state index is 0.0580. The maximum atomic E-state index is 12.4. The number of likely N-dealkylation sites (N-methyl/N-ethyl adjacent to an activating group) is 1. The summed E-state index contributed by atoms with van der Waals surface area (Å²) >= 11 is 0. The Balaban J connectivity index is 0.000000233. The van der Waals surface area contributed by atoms with Crippen LogP contribution in [-0.4, -0.2) is 224 Å². The number of carbonyl (C=O) groups is 4. The van der Waals surface area contributed by atoms with Crippen LogP contribution < -0.4 is 73.8 Å². The molecule has 3 aromatic heterocycles. The van der Waals surface area contributed by atoms with Gasteiger partial charge in [-0.2, -0.15) is 4.31 Å². The fourth-order valence-corrected chi connectivity index (χ4v) is 16.3. The Bertz CT molecular complexity index is 5960. The van der Waals surface area contributed by atoms with Crippen LogP contribution in [0, 0.1) is 13.8 Å². The van der Waals surface area contributed by atoms with Crippen LogP contribution in [0.1, 0.15) is 70.3 Å². The van der Waals surface area contributed by atoms with Crippen LogP contribution in [0.3, 0.4) is 0 Å². The number of nitrogens with two attached hydrogens (primary N) is 2. The summed E-state index contributed by atoms with van der Waals surface area (Å²) < 4.78 is 85.1. The molecule has 14 rings (SSSR count). The smallest absolute Gasteiger partial charge is 0.414 e. The minimum atomic E-state index is -3.51. The van der Waals surface area contributed by atoms with E-state index in [2.05, 4.69) is 103 Å². The zero-order valence-corrected chi connectivity index (χ0v) is 81.0. The lowest BCUT2D eigenvalue weighted by Gasteiger charge is -2.27. The first kappa shape index (κ1) is 108. The molecule has 2 saturated heterocycles. The first-order chi connectivity index (χ1) is 64.2. The number of hydrogen-bond donors (Lipinski definition) is 14. The number of benzene rings is 9. The molecular weight excluding hydrogens is 1760 g/mol. The number of aromatic amines is 1. The Morgan fingerprint density at radius 2 is 1.02 bits per heavy atom. The highest BCUT2D eigenvalue weighted by Gasteiger charge is 2.28. The molecule has 9 aromatic carbocycles. The standard InChI is InChI=1S/C13H21N3O3S.C12H13N3.C12H18N2O2S.C12H16N2O2.C10H11N3.C10H10N2O.C10H14N2.C9H11N3O2.C9H13NO3S/c1-5-20(18,19)16(10-13(17)15(3)4)12-8-6-7-11(9-12)14-2;1-9-14-7-6-12(15-9)10-4-3-5-11(8-10)13-2;1-13-11-6-5-7-12(10-11)17(15,16)14-8-3-2-4-9-14;1-9-8-10(13-2)4-5-11(9)14-6-3-7-16-12(14)15;2*1-11-9-4-2-3-8(5-9)10-6-12-7-13-10;1-8(11-2)9-5-4-6-10(7-9)12-3;1-12-7-3-5(8(10)13)2-6(4-7)9(11)14;1-10-8-3-2-4-9(7-8)14(12,13)6-5-11/h6-9,14H,5,10H2,1-4H3;3-8,13H,1-2H3;5-7,10,13H,2-4,8-9H2,1H3;4-5,8,13H,3,6-7H2,1-2H3;2-7,11H,1H3,(H,12,13);2-7,11H,1H3;4-7,11-12H,1H2,2-3H3;2-4,12H,1H3,(H2,10,13)(H2,11,14);2-4,7,10-11H,5-6H2,1H3. The number of aromatic nitrogens is 5. The van der Waals surface area contributed by atoms with Crippen LogP contribution in [0.15, 0.2) is 264 Å². The van der Waals surface area contributed by atoms with E-state index in [1.807, 2.05) is 178 Å². The third-order valence-corrected chi connectivity index (χ3v) is 25.5. The Morgan fingerprint density at radius 3 is 1.52 bits per heavy atom. The molecule has 4 amide bonds. The zero-order chi connectivity index (χ0) is 98.3. The van der Waals surface area contributed by atoms with Gasteiger partial charge in [-0.3, -0.25) is 23.6 Å². The van der Waals surface area contributed by atoms with Gasteiger partial charge in [0.05, 0.1) is 76.0 Å². The number of aliphatic hydroxyl groups is 1. The number of rotatable bonds is 27. The predicted octanol–water partition coefficient (Wildman–Crippen LogP) is 14.6. The van der Waals surface area contributed by atoms with E-state index in [0.717, 1.165) is 144 Å². The third-order valence-electron chi connectivity index (χ3n) is 20.2. The third kappa shape index (κ3) is 34.6. The number of hydrogen-bond acceptors (Lipinski definition) is 27. The van der Waals surface area contributed by atoms with Gasteiger partial charge in [-0.25, -0.2) is 50.0 Å². The van der Waals surface area contributed by atoms with Crippen molar-refractivity contribution in [2.45, 2.75) is 56.2 Å². The van der Waals surface area contributed by atoms with Crippen LogP contribution in [0.5, 0.6) is 0 Å². The summed E-state index contributed by atoms with van der Waals surface area (Å²) in [5, 5.41) is 38.6. The summed E-state index contributed by atoms with van der Waals surface area (Å²) in [7, 11) is 11.3. The summed E-state index contributed by atoms with van der Waals surface area (Å²) in [6.07, 6.45) is 12.1. The van der Waals surface area contributed by atoms with Gasteiger partial charge in [-0.15, -0.1) is 0 Å². The van der Waals surface area contributed by atoms with Gasteiger partial charge in [0.2, 0.25) is 37.8 Å². The maximum Gasteiger partial charge on any atom is 0.414 e. The number of carbonyl (C=O) groups excluding carboxylic acids is 4. The summed E-state index contributed by atoms with van der Waals surface area (Å²) in [6, 6.07) is 65.2. The SMILES string of the molecule is C=C(NC)c1cccc(NC)c1.CCS(=O)(=O)N(CC(=O)N(C)C)c1cccc(NC)c1.CNc1cc(C(N)=O)cc(C(N)=O)c1.CNc1ccc(N2CCCOC2=O)c(C)c1.CNc1cccc(-c2ccnc(C)n2)c1.CNc1cccc(-c2cnc[nH]2)c1.CNc1cccc(-c2cnco2)c1.CNc1cccc(S(=O)(=O)CCO)c1.CNc1cccc(S(=O)(=O)N2CCCCC2)c1. The lowest BCUT2D eigenvalue weighted by Crippen LogP contribution is -2.41. The van der Waals surface area contributed by atoms with Gasteiger partial charge in [-0.05, 0) is 197 Å². The average molecular weight is 1890 g/mol. The normalized spacial score (nSPS) is 11.9. The van der Waals surface area contributed by atoms with Gasteiger partial charge >= 0.3 is 6.09 Å². The molecule has 0 saturated carbocycles. The quantitative estimate of drug-likeness (QED) is 0.0227. The van der Waals surface area contributed by atoms with E-state index in [4.69, 9.17) is 25.7 Å². The number of aliphatic hydroxyl groups excluding tert-OH is 1. The molecule has 12 aromatic rings. The van der Waals surface area contributed by atoms with E-state index in [-0.39, 0.29) is 52.7 Å². The first-order valence-corrected chi connectivity index (χ1v) is 47.6. The molecule has 16 N–H and O–H groups in total. The van der Waals surface area contributed by atoms with Gasteiger partial charge < -0.3 is 88.8 Å². The van der Waals surface area contributed by atoms with Crippen molar-refractivity contribution < 1.29 is 58.7 Å². The van der Waals surface area contributed by atoms with Crippen molar-refractivity contribution in [3.05, 3.63) is 278 Å². The van der Waals surface area contributed by atoms with Gasteiger partial charge in [0, 0.05) is 195 Å². The number of cyclic esters (lactones) is 1. The molecule has 2 aliphatic rings. The number of sulfone groups is 1. The van der Waals surface area contributed by atoms with E-state index >= 15 is 0 Å². The molecule has 0 unspecified atom stereocenters. The molecule has 0 aliphatic carbocycles. The summed E-state index contributed by atoms with van der Waals surface area (Å²) in [5.41, 5.74) is 28.9. The molecule has 37 heteroatoms. The van der Waals surface area contributed by atoms with Crippen LogP contribution in [0.25, 0.3) is 39.5 Å². The second-order valence-electron chi connectivity index (χ2n) is 29.6. The highest BCUT2D eigenvalue weighted by atomic mass is 32.2. The number of primary amides is 2. The van der Waals surface area contributed by atoms with Crippen molar-refractivity contribution in [3.8, 4) is 33.8 Å². The van der Waals surface area contributed by atoms with Crippen molar-refractivity contribution in [2.24, 2.45) is 11.5 Å². The lowest BCUT2D eigenvalue weighted by molar-refractivity contribution is -0.127. The maximum absolute atomic E-state index is 12.4. The number of aryl methyl sites for hydroxylation is 2. The monoisotopic (exact) mass is 1890 g/mol. The number of H-pyrrole nitrogens is 1. The second-order valence-corrected chi connectivity index (χ2v) is 35.8. The Kier molecular flexibility index (Phi) is 44.9. The van der Waals surface area contributed by atoms with Crippen molar-refractivity contribution >= 4 is 122 Å². The van der Waals surface area contributed by atoms with E-state index in [0.29, 0.717) is 36.0 Å². The summed E-state index contributed by atoms with van der Waals surface area (Å²) in [5.74, 6) is -0.164. The van der Waals surface area contributed by atoms with Gasteiger partial charge in [0.1, 0.15) is 12.4 Å². The fourth-order valence-electron chi connectivity index (χ4n) is 12.6. The van der Waals surface area contributed by atoms with Crippen molar-refractivity contribution in [3.63, 3.8) is 0 Å². The molecule has 0 atom stereocenters. The minimum Gasteiger partial charge on any atom is -0.449 e. The van der Waals surface area contributed by atoms with Crippen LogP contribution in [0.4, 0.5) is 67.4 Å². The Hall–Kier alpha value is -14.5. The highest BCUT2D eigenvalue weighted by Crippen LogP contribution is 2.30. The Morgan fingerprint density at radius 1 is 0.530 bits per heavy atom. The topological polar surface area (TPSA) is 466 Å². The molecule has 134 heavy (non-hydrogen) atoms. The molecule has 2 aliphatic heterocycles. The molecular formula is C97H127N21O13S3. The molecule has 716 valence electrons. The molecule has 5 heterocycles. The van der Waals surface area contributed by atoms with Gasteiger partial charge in [0.25, 0.3) is 0 Å². The summed E-state index contributed by atoms with van der Waals surface area (Å²) in [6.45, 7) is 11.3. The van der Waals surface area contributed by atoms with Gasteiger partial charge in [0.15, 0.2) is 22.0 Å². The number of sulfonamides is 2. The van der Waals surface area contributed by atoms with E-state index in [1.165, 1.54) is 23.4 Å². The Labute approximate surface area is 787 Å². The van der Waals surface area contributed by atoms with Crippen LogP contribution >= 0.6 is 0 Å². The molecule has 0 bridgehead atoms. The number of imidazole rings is 1. The number of amides is 4. The highest BCUT2D eigenvalue weighted by molar-refractivity contribution is 7.92. The van der Waals surface area contributed by atoms with Crippen LogP contribution in [0.2, 0.25) is 0 Å². The lowest BCUT2D eigenvalue weighted by atomic mass is 10.1. The predicted molar refractivity (Wildman–Crippen MR) is 543 cm³/mol. The zero-order valence-electron chi connectivity index (χ0n) is 78.6. The number of piperidine rings is 1. The number of ether oxygens (including phenoxy) is 1. The summed E-state index contributed by atoms with van der Waals surface area (Å²) in [4.78, 5) is 68.3.